The summed E-state index contributed by atoms with van der Waals surface area (Å²) in [4.78, 5) is 12.3. The highest BCUT2D eigenvalue weighted by atomic mass is 32.2. The van der Waals surface area contributed by atoms with E-state index in [1.54, 1.807) is 24.3 Å². The van der Waals surface area contributed by atoms with E-state index < -0.39 is 15.6 Å². The molecule has 1 amide bonds. The fourth-order valence-electron chi connectivity index (χ4n) is 3.16. The molecule has 6 nitrogen and oxygen atoms in total. The number of carbonyl (C=O) groups is 1. The van der Waals surface area contributed by atoms with Crippen molar-refractivity contribution in [3.8, 4) is 0 Å². The molecule has 1 aliphatic heterocycles. The van der Waals surface area contributed by atoms with Crippen LogP contribution in [-0.2, 0) is 14.8 Å². The first-order valence-corrected chi connectivity index (χ1v) is 9.22. The zero-order valence-corrected chi connectivity index (χ0v) is 13.2. The Kier molecular flexibility index (Phi) is 3.86. The van der Waals surface area contributed by atoms with Crippen LogP contribution in [0.15, 0.2) is 24.3 Å². The summed E-state index contributed by atoms with van der Waals surface area (Å²) < 4.78 is 25.3. The maximum Gasteiger partial charge on any atom is 0.244 e. The maximum absolute atomic E-state index is 12.3. The molecule has 0 unspecified atom stereocenters. The fraction of sp³-hybridized carbons (Fsp3) is 0.533. The Bertz CT molecular complexity index is 681. The van der Waals surface area contributed by atoms with Crippen LogP contribution in [-0.4, -0.2) is 32.2 Å². The topological polar surface area (TPSA) is 92.5 Å². The third kappa shape index (κ3) is 2.83. The normalized spacial score (nSPS) is 22.7. The van der Waals surface area contributed by atoms with Crippen molar-refractivity contribution in [1.82, 2.24) is 0 Å². The first-order chi connectivity index (χ1) is 10.4. The smallest absolute Gasteiger partial charge is 0.244 e. The maximum atomic E-state index is 12.3. The van der Waals surface area contributed by atoms with Crippen LogP contribution in [0.5, 0.6) is 0 Å². The molecule has 0 radical (unpaired) electrons. The van der Waals surface area contributed by atoms with E-state index in [0.29, 0.717) is 37.2 Å². The largest absolute Gasteiger partial charge is 0.324 e. The number of amides is 1. The molecule has 1 saturated heterocycles. The van der Waals surface area contributed by atoms with E-state index in [-0.39, 0.29) is 11.7 Å². The third-order valence-corrected chi connectivity index (χ3v) is 6.31. The Morgan fingerprint density at radius 1 is 1.23 bits per heavy atom. The summed E-state index contributed by atoms with van der Waals surface area (Å²) >= 11 is 0. The minimum Gasteiger partial charge on any atom is -0.324 e. The van der Waals surface area contributed by atoms with E-state index >= 15 is 0 Å². The second-order valence-corrected chi connectivity index (χ2v) is 8.12. The van der Waals surface area contributed by atoms with Crippen molar-refractivity contribution in [2.45, 2.75) is 37.6 Å². The molecule has 3 rings (SSSR count). The third-order valence-electron chi connectivity index (χ3n) is 4.44. The zero-order valence-electron chi connectivity index (χ0n) is 12.4. The lowest BCUT2D eigenvalue weighted by Crippen LogP contribution is -2.48. The number of nitrogens with zero attached hydrogens (tertiary/aromatic N) is 1. The van der Waals surface area contributed by atoms with Crippen LogP contribution in [0.25, 0.3) is 0 Å². The first-order valence-electron chi connectivity index (χ1n) is 7.62. The molecule has 0 atom stereocenters. The molecule has 7 heteroatoms. The summed E-state index contributed by atoms with van der Waals surface area (Å²) in [5.41, 5.74) is 6.51. The molecular formula is C15H21N3O3S. The summed E-state index contributed by atoms with van der Waals surface area (Å²) in [7, 11) is -3.22. The Morgan fingerprint density at radius 2 is 1.95 bits per heavy atom. The van der Waals surface area contributed by atoms with E-state index in [4.69, 9.17) is 5.73 Å². The van der Waals surface area contributed by atoms with E-state index in [1.807, 2.05) is 0 Å². The molecule has 1 aromatic carbocycles. The second-order valence-electron chi connectivity index (χ2n) is 6.11. The predicted octanol–water partition coefficient (Wildman–Crippen LogP) is 1.44. The number of sulfonamides is 1. The molecule has 1 saturated carbocycles. The van der Waals surface area contributed by atoms with E-state index in [2.05, 4.69) is 5.32 Å². The molecule has 2 aliphatic rings. The van der Waals surface area contributed by atoms with Crippen molar-refractivity contribution in [3.05, 3.63) is 24.3 Å². The van der Waals surface area contributed by atoms with Crippen LogP contribution in [0.4, 0.5) is 11.4 Å². The standard InChI is InChI=1S/C15H21N3O3S/c16-15(7-1-2-8-15)14(19)17-12-5-3-6-13(11-12)18-9-4-10-22(18,20)21/h3,5-6,11H,1-2,4,7-10,16H2,(H,17,19). The number of hydrogen-bond acceptors (Lipinski definition) is 4. The van der Waals surface area contributed by atoms with Gasteiger partial charge in [0.1, 0.15) is 0 Å². The highest BCUT2D eigenvalue weighted by Crippen LogP contribution is 2.30. The average molecular weight is 323 g/mol. The zero-order chi connectivity index (χ0) is 15.8. The summed E-state index contributed by atoms with van der Waals surface area (Å²) in [5, 5.41) is 2.83. The number of carbonyl (C=O) groups excluding carboxylic acids is 1. The molecule has 0 bridgehead atoms. The molecule has 3 N–H and O–H groups in total. The Balaban J connectivity index is 1.78. The van der Waals surface area contributed by atoms with Gasteiger partial charge >= 0.3 is 0 Å². The highest BCUT2D eigenvalue weighted by molar-refractivity contribution is 7.93. The molecule has 0 aromatic heterocycles. The number of nitrogens with two attached hydrogens (primary N) is 1. The van der Waals surface area contributed by atoms with Gasteiger partial charge in [-0.2, -0.15) is 0 Å². The minimum absolute atomic E-state index is 0.176. The van der Waals surface area contributed by atoms with Crippen LogP contribution in [0, 0.1) is 0 Å². The Morgan fingerprint density at radius 3 is 2.59 bits per heavy atom. The van der Waals surface area contributed by atoms with Crippen LogP contribution < -0.4 is 15.4 Å². The quantitative estimate of drug-likeness (QED) is 0.880. The van der Waals surface area contributed by atoms with Gasteiger partial charge < -0.3 is 11.1 Å². The van der Waals surface area contributed by atoms with Gasteiger partial charge in [-0.1, -0.05) is 18.9 Å². The number of anilines is 2. The molecule has 120 valence electrons. The molecule has 2 fully saturated rings. The molecule has 0 spiro atoms. The SMILES string of the molecule is NC1(C(=O)Nc2cccc(N3CCCS3(=O)=O)c2)CCCC1. The van der Waals surface area contributed by atoms with Crippen LogP contribution >= 0.6 is 0 Å². The molecule has 1 aliphatic carbocycles. The monoisotopic (exact) mass is 323 g/mol. The van der Waals surface area contributed by atoms with Crippen molar-refractivity contribution in [2.24, 2.45) is 5.73 Å². The van der Waals surface area contributed by atoms with E-state index in [0.717, 1.165) is 12.8 Å². The van der Waals surface area contributed by atoms with Gasteiger partial charge in [0.05, 0.1) is 17.0 Å². The van der Waals surface area contributed by atoms with Gasteiger partial charge in [-0.05, 0) is 37.5 Å². The van der Waals surface area contributed by atoms with Crippen LogP contribution in [0.1, 0.15) is 32.1 Å². The van der Waals surface area contributed by atoms with Gasteiger partial charge in [0, 0.05) is 12.2 Å². The van der Waals surface area contributed by atoms with Gasteiger partial charge in [0.25, 0.3) is 0 Å². The Labute approximate surface area is 130 Å². The van der Waals surface area contributed by atoms with Crippen molar-refractivity contribution in [1.29, 1.82) is 0 Å². The van der Waals surface area contributed by atoms with Crippen molar-refractivity contribution >= 4 is 27.3 Å². The van der Waals surface area contributed by atoms with Crippen molar-refractivity contribution in [3.63, 3.8) is 0 Å². The summed E-state index contributed by atoms with van der Waals surface area (Å²) in [6.45, 7) is 0.487. The highest BCUT2D eigenvalue weighted by Gasteiger charge is 2.37. The number of benzene rings is 1. The molecule has 1 aromatic rings. The first kappa shape index (κ1) is 15.3. The second kappa shape index (κ2) is 5.55. The molecule has 1 heterocycles. The van der Waals surface area contributed by atoms with Crippen LogP contribution in [0.3, 0.4) is 0 Å². The molecular weight excluding hydrogens is 302 g/mol. The van der Waals surface area contributed by atoms with Gasteiger partial charge in [-0.3, -0.25) is 9.10 Å². The van der Waals surface area contributed by atoms with Crippen molar-refractivity contribution in [2.75, 3.05) is 21.9 Å². The van der Waals surface area contributed by atoms with Gasteiger partial charge in [-0.25, -0.2) is 8.42 Å². The number of nitrogens with one attached hydrogen (secondary N) is 1. The average Bonchev–Trinajstić information content (AvgIpc) is 3.05. The van der Waals surface area contributed by atoms with E-state index in [1.165, 1.54) is 4.31 Å². The molecule has 22 heavy (non-hydrogen) atoms. The minimum atomic E-state index is -3.22. The van der Waals surface area contributed by atoms with Gasteiger partial charge in [-0.15, -0.1) is 0 Å². The predicted molar refractivity (Wildman–Crippen MR) is 86.2 cm³/mol. The van der Waals surface area contributed by atoms with Gasteiger partial charge in [0.15, 0.2) is 0 Å². The lowest BCUT2D eigenvalue weighted by molar-refractivity contribution is -0.121. The van der Waals surface area contributed by atoms with Crippen LogP contribution in [0.2, 0.25) is 0 Å². The summed E-state index contributed by atoms with van der Waals surface area (Å²) in [6, 6.07) is 6.93. The van der Waals surface area contributed by atoms with Crippen molar-refractivity contribution < 1.29 is 13.2 Å². The lowest BCUT2D eigenvalue weighted by atomic mass is 9.98. The lowest BCUT2D eigenvalue weighted by Gasteiger charge is -2.23. The van der Waals surface area contributed by atoms with E-state index in [9.17, 15) is 13.2 Å². The number of rotatable bonds is 3. The summed E-state index contributed by atoms with van der Waals surface area (Å²) in [6.07, 6.45) is 3.95. The summed E-state index contributed by atoms with van der Waals surface area (Å²) in [5.74, 6) is -0.0124. The number of hydrogen-bond donors (Lipinski definition) is 2. The Hall–Kier alpha value is -1.60. The fourth-order valence-corrected chi connectivity index (χ4v) is 4.71. The van der Waals surface area contributed by atoms with Gasteiger partial charge in [0.2, 0.25) is 15.9 Å².